The fourth-order valence-corrected chi connectivity index (χ4v) is 6.53. The lowest BCUT2D eigenvalue weighted by Crippen LogP contribution is -2.63. The van der Waals surface area contributed by atoms with Gasteiger partial charge in [-0.15, -0.1) is 0 Å². The number of aliphatic hydroxyl groups is 3. The molecule has 4 aliphatic rings. The predicted molar refractivity (Wildman–Crippen MR) is 85.6 cm³/mol. The van der Waals surface area contributed by atoms with Crippen LogP contribution in [0.15, 0.2) is 11.6 Å². The molecule has 0 bridgehead atoms. The summed E-state index contributed by atoms with van der Waals surface area (Å²) in [7, 11) is 0. The van der Waals surface area contributed by atoms with Crippen molar-refractivity contribution in [1.82, 2.24) is 0 Å². The summed E-state index contributed by atoms with van der Waals surface area (Å²) in [5.41, 5.74) is -0.663. The van der Waals surface area contributed by atoms with E-state index < -0.39 is 23.2 Å². The molecule has 0 radical (unpaired) electrons. The standard InChI is InChI=1S/C19H28O4/c1-17-6-3-11(20)9-14(17)15(21)10-13-12(17)4-7-18(2)16(22)5-8-19(13,18)23/h9,12-13,15-16,21-23H,3-8,10H2,1-2H3/t12-,13+,15+,16-,17+,18+,19+/m0/s1. The molecule has 0 aliphatic heterocycles. The van der Waals surface area contributed by atoms with Gasteiger partial charge in [-0.3, -0.25) is 4.79 Å². The Kier molecular flexibility index (Phi) is 3.21. The molecule has 0 amide bonds. The highest BCUT2D eigenvalue weighted by Gasteiger charge is 2.67. The van der Waals surface area contributed by atoms with E-state index in [4.69, 9.17) is 0 Å². The highest BCUT2D eigenvalue weighted by molar-refractivity contribution is 5.91. The minimum atomic E-state index is -0.897. The zero-order valence-electron chi connectivity index (χ0n) is 14.1. The van der Waals surface area contributed by atoms with Crippen molar-refractivity contribution in [2.24, 2.45) is 22.7 Å². The van der Waals surface area contributed by atoms with Crippen LogP contribution in [0.1, 0.15) is 58.8 Å². The summed E-state index contributed by atoms with van der Waals surface area (Å²) < 4.78 is 0. The lowest BCUT2D eigenvalue weighted by Gasteiger charge is -2.61. The van der Waals surface area contributed by atoms with E-state index in [0.717, 1.165) is 24.8 Å². The monoisotopic (exact) mass is 320 g/mol. The number of hydrogen-bond acceptors (Lipinski definition) is 4. The molecule has 0 heterocycles. The van der Waals surface area contributed by atoms with E-state index in [2.05, 4.69) is 6.92 Å². The lowest BCUT2D eigenvalue weighted by molar-refractivity contribution is -0.201. The Bertz CT molecular complexity index is 584. The van der Waals surface area contributed by atoms with Crippen LogP contribution in [0.25, 0.3) is 0 Å². The Morgan fingerprint density at radius 2 is 1.83 bits per heavy atom. The first-order valence-corrected chi connectivity index (χ1v) is 9.06. The van der Waals surface area contributed by atoms with Gasteiger partial charge in [0.15, 0.2) is 5.78 Å². The fraction of sp³-hybridized carbons (Fsp3) is 0.842. The van der Waals surface area contributed by atoms with Gasteiger partial charge >= 0.3 is 0 Å². The third kappa shape index (κ3) is 1.80. The van der Waals surface area contributed by atoms with Crippen molar-refractivity contribution in [3.05, 3.63) is 11.6 Å². The minimum Gasteiger partial charge on any atom is -0.392 e. The van der Waals surface area contributed by atoms with E-state index in [1.54, 1.807) is 6.08 Å². The van der Waals surface area contributed by atoms with E-state index in [0.29, 0.717) is 25.7 Å². The molecule has 0 aromatic rings. The average molecular weight is 320 g/mol. The summed E-state index contributed by atoms with van der Waals surface area (Å²) in [5.74, 6) is 0.406. The first-order valence-electron chi connectivity index (χ1n) is 9.06. The van der Waals surface area contributed by atoms with Gasteiger partial charge in [0.2, 0.25) is 0 Å². The Morgan fingerprint density at radius 3 is 2.57 bits per heavy atom. The van der Waals surface area contributed by atoms with Gasteiger partial charge < -0.3 is 15.3 Å². The summed E-state index contributed by atoms with van der Waals surface area (Å²) in [5, 5.41) is 32.7. The van der Waals surface area contributed by atoms with Crippen molar-refractivity contribution in [2.75, 3.05) is 0 Å². The van der Waals surface area contributed by atoms with Gasteiger partial charge in [0.05, 0.1) is 17.8 Å². The molecule has 0 unspecified atom stereocenters. The number of ketones is 1. The molecule has 4 aliphatic carbocycles. The molecule has 23 heavy (non-hydrogen) atoms. The van der Waals surface area contributed by atoms with Crippen molar-refractivity contribution in [2.45, 2.75) is 76.6 Å². The third-order valence-corrected chi connectivity index (χ3v) is 8.12. The van der Waals surface area contributed by atoms with Crippen molar-refractivity contribution in [3.8, 4) is 0 Å². The van der Waals surface area contributed by atoms with E-state index in [1.165, 1.54) is 0 Å². The van der Waals surface area contributed by atoms with E-state index in [9.17, 15) is 20.1 Å². The zero-order valence-corrected chi connectivity index (χ0v) is 14.1. The fourth-order valence-electron chi connectivity index (χ4n) is 6.53. The van der Waals surface area contributed by atoms with Gasteiger partial charge in [-0.05, 0) is 67.4 Å². The number of fused-ring (bicyclic) bond motifs is 5. The van der Waals surface area contributed by atoms with Crippen molar-refractivity contribution >= 4 is 5.78 Å². The minimum absolute atomic E-state index is 0.00347. The van der Waals surface area contributed by atoms with Crippen molar-refractivity contribution in [1.29, 1.82) is 0 Å². The molecule has 4 nitrogen and oxygen atoms in total. The van der Waals surface area contributed by atoms with Crippen LogP contribution in [0, 0.1) is 22.7 Å². The first-order chi connectivity index (χ1) is 10.7. The van der Waals surface area contributed by atoms with Crippen LogP contribution in [0.4, 0.5) is 0 Å². The van der Waals surface area contributed by atoms with Crippen molar-refractivity contribution in [3.63, 3.8) is 0 Å². The molecule has 3 saturated carbocycles. The first kappa shape index (κ1) is 15.8. The highest BCUT2D eigenvalue weighted by Crippen LogP contribution is 2.66. The summed E-state index contributed by atoms with van der Waals surface area (Å²) in [6.07, 6.45) is 5.42. The summed E-state index contributed by atoms with van der Waals surface area (Å²) in [6.45, 7) is 4.19. The normalized spacial score (nSPS) is 55.7. The van der Waals surface area contributed by atoms with Crippen LogP contribution < -0.4 is 0 Å². The van der Waals surface area contributed by atoms with Gasteiger partial charge in [0, 0.05) is 11.8 Å². The van der Waals surface area contributed by atoms with E-state index in [1.807, 2.05) is 6.92 Å². The van der Waals surface area contributed by atoms with E-state index in [-0.39, 0.29) is 23.0 Å². The number of carbonyl (C=O) groups excluding carboxylic acids is 1. The van der Waals surface area contributed by atoms with Crippen LogP contribution in [0.5, 0.6) is 0 Å². The van der Waals surface area contributed by atoms with Crippen LogP contribution in [0.2, 0.25) is 0 Å². The Balaban J connectivity index is 1.78. The lowest BCUT2D eigenvalue weighted by atomic mass is 9.45. The van der Waals surface area contributed by atoms with Crippen LogP contribution in [-0.2, 0) is 4.79 Å². The number of hydrogen-bond donors (Lipinski definition) is 3. The molecule has 3 N–H and O–H groups in total. The summed E-state index contributed by atoms with van der Waals surface area (Å²) in [4.78, 5) is 11.8. The molecule has 3 fully saturated rings. The van der Waals surface area contributed by atoms with Crippen LogP contribution in [-0.4, -0.2) is 38.9 Å². The molecule has 0 aromatic carbocycles. The van der Waals surface area contributed by atoms with Gasteiger partial charge in [-0.1, -0.05) is 13.8 Å². The second-order valence-electron chi connectivity index (χ2n) is 8.88. The summed E-state index contributed by atoms with van der Waals surface area (Å²) in [6, 6.07) is 0. The Hall–Kier alpha value is -0.710. The molecule has 4 rings (SSSR count). The predicted octanol–water partition coefficient (Wildman–Crippen LogP) is 1.96. The molecule has 0 aromatic heterocycles. The molecule has 0 saturated heterocycles. The Morgan fingerprint density at radius 1 is 1.09 bits per heavy atom. The topological polar surface area (TPSA) is 77.8 Å². The maximum atomic E-state index is 11.8. The molecule has 128 valence electrons. The van der Waals surface area contributed by atoms with E-state index >= 15 is 0 Å². The third-order valence-electron chi connectivity index (χ3n) is 8.12. The quantitative estimate of drug-likeness (QED) is 0.638. The Labute approximate surface area is 137 Å². The molecule has 4 heteroatoms. The van der Waals surface area contributed by atoms with Gasteiger partial charge in [0.1, 0.15) is 0 Å². The smallest absolute Gasteiger partial charge is 0.155 e. The number of rotatable bonds is 0. The summed E-state index contributed by atoms with van der Waals surface area (Å²) >= 11 is 0. The second-order valence-corrected chi connectivity index (χ2v) is 8.88. The average Bonchev–Trinajstić information content (AvgIpc) is 2.74. The van der Waals surface area contributed by atoms with Crippen LogP contribution >= 0.6 is 0 Å². The van der Waals surface area contributed by atoms with Gasteiger partial charge in [0.25, 0.3) is 0 Å². The number of aliphatic hydroxyl groups excluding tert-OH is 2. The van der Waals surface area contributed by atoms with Crippen molar-refractivity contribution < 1.29 is 20.1 Å². The SMILES string of the molecule is C[C@]12CCC(=O)C=C1[C@H](O)C[C@@H]1[C@@H]2CC[C@]2(C)[C@@H](O)CC[C@@]12O. The number of carbonyl (C=O) groups is 1. The molecule has 0 spiro atoms. The maximum Gasteiger partial charge on any atom is 0.155 e. The van der Waals surface area contributed by atoms with Gasteiger partial charge in [-0.25, -0.2) is 0 Å². The van der Waals surface area contributed by atoms with Crippen LogP contribution in [0.3, 0.4) is 0 Å². The highest BCUT2D eigenvalue weighted by atomic mass is 16.3. The molecule has 7 atom stereocenters. The zero-order chi connectivity index (χ0) is 16.6. The van der Waals surface area contributed by atoms with Gasteiger partial charge in [-0.2, -0.15) is 0 Å². The maximum absolute atomic E-state index is 11.8. The molecular weight excluding hydrogens is 292 g/mol. The second kappa shape index (κ2) is 4.68. The largest absolute Gasteiger partial charge is 0.392 e. The molecular formula is C19H28O4.